The first-order chi connectivity index (χ1) is 11.7. The minimum atomic E-state index is -0.297. The minimum absolute atomic E-state index is 0.297. The summed E-state index contributed by atoms with van der Waals surface area (Å²) in [6, 6.07) is 10.3. The van der Waals surface area contributed by atoms with Crippen molar-refractivity contribution in [3.63, 3.8) is 0 Å². The van der Waals surface area contributed by atoms with Crippen molar-refractivity contribution in [2.75, 3.05) is 13.2 Å². The van der Waals surface area contributed by atoms with Crippen LogP contribution in [0.3, 0.4) is 0 Å². The second-order valence-corrected chi connectivity index (χ2v) is 6.13. The van der Waals surface area contributed by atoms with Gasteiger partial charge in [-0.1, -0.05) is 35.4 Å². The smallest absolute Gasteiger partial charge is 0.177 e. The first-order valence-electron chi connectivity index (χ1n) is 7.86. The standard InChI is InChI=1S/C19H17ClN2O2/c1-13-2-5-15(6-3-13)22-9-8-16-18(20)14(12-21-19(16)22)4-7-17-23-10-11-24-17/h2-9,12,17H,10-11H2,1H3/b7-4-. The van der Waals surface area contributed by atoms with E-state index >= 15 is 0 Å². The van der Waals surface area contributed by atoms with Crippen LogP contribution in [0.2, 0.25) is 5.02 Å². The molecule has 0 unspecified atom stereocenters. The Morgan fingerprint density at radius 2 is 1.92 bits per heavy atom. The van der Waals surface area contributed by atoms with Gasteiger partial charge in [-0.15, -0.1) is 0 Å². The number of halogens is 1. The Labute approximate surface area is 145 Å². The molecule has 0 radical (unpaired) electrons. The molecule has 1 aliphatic heterocycles. The monoisotopic (exact) mass is 340 g/mol. The number of aromatic nitrogens is 2. The maximum Gasteiger partial charge on any atom is 0.177 e. The zero-order valence-corrected chi connectivity index (χ0v) is 14.0. The molecule has 0 N–H and O–H groups in total. The molecule has 3 aromatic rings. The van der Waals surface area contributed by atoms with Crippen LogP contribution in [0.4, 0.5) is 0 Å². The molecule has 1 aromatic carbocycles. The van der Waals surface area contributed by atoms with Crippen molar-refractivity contribution >= 4 is 28.7 Å². The Hall–Kier alpha value is -2.14. The van der Waals surface area contributed by atoms with E-state index in [1.807, 2.05) is 29.0 Å². The van der Waals surface area contributed by atoms with Gasteiger partial charge >= 0.3 is 0 Å². The van der Waals surface area contributed by atoms with Crippen molar-refractivity contribution in [2.24, 2.45) is 0 Å². The van der Waals surface area contributed by atoms with Crippen LogP contribution in [-0.2, 0) is 9.47 Å². The van der Waals surface area contributed by atoms with Crippen LogP contribution < -0.4 is 0 Å². The van der Waals surface area contributed by atoms with Crippen LogP contribution in [0.25, 0.3) is 22.8 Å². The molecule has 0 atom stereocenters. The predicted octanol–water partition coefficient (Wildman–Crippen LogP) is 4.37. The molecule has 0 bridgehead atoms. The van der Waals surface area contributed by atoms with E-state index in [1.54, 1.807) is 6.20 Å². The summed E-state index contributed by atoms with van der Waals surface area (Å²) in [6.45, 7) is 3.32. The van der Waals surface area contributed by atoms with Crippen LogP contribution in [0.5, 0.6) is 0 Å². The van der Waals surface area contributed by atoms with Crippen molar-refractivity contribution in [3.05, 3.63) is 65.0 Å². The average Bonchev–Trinajstić information content (AvgIpc) is 3.25. The molecule has 1 aliphatic rings. The quantitative estimate of drug-likeness (QED) is 0.710. The lowest BCUT2D eigenvalue weighted by molar-refractivity contribution is -0.000907. The number of pyridine rings is 1. The van der Waals surface area contributed by atoms with E-state index in [0.717, 1.165) is 22.3 Å². The van der Waals surface area contributed by atoms with Gasteiger partial charge in [-0.2, -0.15) is 0 Å². The highest BCUT2D eigenvalue weighted by Crippen LogP contribution is 2.29. The lowest BCUT2D eigenvalue weighted by atomic mass is 10.2. The van der Waals surface area contributed by atoms with Gasteiger partial charge in [0.25, 0.3) is 0 Å². The van der Waals surface area contributed by atoms with E-state index in [9.17, 15) is 0 Å². The van der Waals surface area contributed by atoms with Gasteiger partial charge in [-0.3, -0.25) is 0 Å². The van der Waals surface area contributed by atoms with Crippen LogP contribution in [-0.4, -0.2) is 29.1 Å². The van der Waals surface area contributed by atoms with E-state index in [-0.39, 0.29) is 6.29 Å². The molecule has 24 heavy (non-hydrogen) atoms. The average molecular weight is 341 g/mol. The largest absolute Gasteiger partial charge is 0.347 e. The number of aryl methyl sites for hydroxylation is 1. The highest BCUT2D eigenvalue weighted by molar-refractivity contribution is 6.36. The Bertz CT molecular complexity index is 894. The molecule has 122 valence electrons. The minimum Gasteiger partial charge on any atom is -0.347 e. The number of nitrogens with zero attached hydrogens (tertiary/aromatic N) is 2. The van der Waals surface area contributed by atoms with Gasteiger partial charge < -0.3 is 14.0 Å². The molecular weight excluding hydrogens is 324 g/mol. The van der Waals surface area contributed by atoms with Crippen molar-refractivity contribution in [3.8, 4) is 5.69 Å². The molecule has 0 amide bonds. The summed E-state index contributed by atoms with van der Waals surface area (Å²) in [5, 5.41) is 1.60. The van der Waals surface area contributed by atoms with E-state index in [2.05, 4.69) is 36.2 Å². The van der Waals surface area contributed by atoms with Gasteiger partial charge in [0.1, 0.15) is 5.65 Å². The zero-order chi connectivity index (χ0) is 16.5. The Morgan fingerprint density at radius 1 is 1.17 bits per heavy atom. The van der Waals surface area contributed by atoms with Crippen LogP contribution in [0.15, 0.2) is 48.8 Å². The highest BCUT2D eigenvalue weighted by Gasteiger charge is 2.13. The first kappa shape index (κ1) is 15.4. The molecule has 2 aromatic heterocycles. The Kier molecular flexibility index (Phi) is 4.10. The van der Waals surface area contributed by atoms with Crippen LogP contribution >= 0.6 is 11.6 Å². The maximum absolute atomic E-state index is 6.57. The van der Waals surface area contributed by atoms with E-state index in [0.29, 0.717) is 18.2 Å². The lowest BCUT2D eigenvalue weighted by Crippen LogP contribution is -2.01. The second-order valence-electron chi connectivity index (χ2n) is 5.76. The summed E-state index contributed by atoms with van der Waals surface area (Å²) in [4.78, 5) is 4.59. The third kappa shape index (κ3) is 2.84. The number of hydrogen-bond donors (Lipinski definition) is 0. The summed E-state index contributed by atoms with van der Waals surface area (Å²) in [5.41, 5.74) is 3.99. The molecule has 5 heteroatoms. The van der Waals surface area contributed by atoms with Gasteiger partial charge in [0, 0.05) is 29.0 Å². The number of hydrogen-bond acceptors (Lipinski definition) is 3. The fourth-order valence-corrected chi connectivity index (χ4v) is 3.03. The lowest BCUT2D eigenvalue weighted by Gasteiger charge is -2.07. The number of fused-ring (bicyclic) bond motifs is 1. The zero-order valence-electron chi connectivity index (χ0n) is 13.3. The van der Waals surface area contributed by atoms with E-state index in [4.69, 9.17) is 21.1 Å². The molecular formula is C19H17ClN2O2. The van der Waals surface area contributed by atoms with Crippen molar-refractivity contribution in [1.82, 2.24) is 9.55 Å². The second kappa shape index (κ2) is 6.40. The van der Waals surface area contributed by atoms with E-state index < -0.39 is 0 Å². The maximum atomic E-state index is 6.57. The third-order valence-electron chi connectivity index (χ3n) is 4.07. The summed E-state index contributed by atoms with van der Waals surface area (Å²) in [6.07, 6.45) is 7.23. The van der Waals surface area contributed by atoms with Gasteiger partial charge in [-0.25, -0.2) is 4.98 Å². The van der Waals surface area contributed by atoms with Gasteiger partial charge in [0.05, 0.1) is 18.2 Å². The topological polar surface area (TPSA) is 36.3 Å². The fourth-order valence-electron chi connectivity index (χ4n) is 2.77. The first-order valence-corrected chi connectivity index (χ1v) is 8.24. The van der Waals surface area contributed by atoms with Crippen molar-refractivity contribution in [1.29, 1.82) is 0 Å². The summed E-state index contributed by atoms with van der Waals surface area (Å²) < 4.78 is 12.8. The van der Waals surface area contributed by atoms with Crippen molar-refractivity contribution in [2.45, 2.75) is 13.2 Å². The molecule has 0 spiro atoms. The number of benzene rings is 1. The fraction of sp³-hybridized carbons (Fsp3) is 0.211. The number of ether oxygens (including phenoxy) is 2. The normalized spacial score (nSPS) is 15.8. The van der Waals surface area contributed by atoms with Crippen molar-refractivity contribution < 1.29 is 9.47 Å². The molecule has 3 heterocycles. The molecule has 1 fully saturated rings. The third-order valence-corrected chi connectivity index (χ3v) is 4.49. The number of rotatable bonds is 3. The molecule has 0 aliphatic carbocycles. The SMILES string of the molecule is Cc1ccc(-n2ccc3c(Cl)c(/C=C\C4OCCO4)cnc32)cc1. The highest BCUT2D eigenvalue weighted by atomic mass is 35.5. The molecule has 4 rings (SSSR count). The predicted molar refractivity (Wildman–Crippen MR) is 95.5 cm³/mol. The Morgan fingerprint density at radius 3 is 2.67 bits per heavy atom. The van der Waals surface area contributed by atoms with Gasteiger partial charge in [0.2, 0.25) is 0 Å². The summed E-state index contributed by atoms with van der Waals surface area (Å²) in [5.74, 6) is 0. The van der Waals surface area contributed by atoms with Gasteiger partial charge in [0.15, 0.2) is 6.29 Å². The molecule has 0 saturated carbocycles. The molecule has 1 saturated heterocycles. The summed E-state index contributed by atoms with van der Waals surface area (Å²) in [7, 11) is 0. The van der Waals surface area contributed by atoms with Gasteiger partial charge in [-0.05, 0) is 31.2 Å². The van der Waals surface area contributed by atoms with Crippen LogP contribution in [0, 0.1) is 6.92 Å². The van der Waals surface area contributed by atoms with Crippen LogP contribution in [0.1, 0.15) is 11.1 Å². The Balaban J connectivity index is 1.71. The molecule has 4 nitrogen and oxygen atoms in total. The van der Waals surface area contributed by atoms with E-state index in [1.165, 1.54) is 5.56 Å². The summed E-state index contributed by atoms with van der Waals surface area (Å²) >= 11 is 6.57.